The first-order valence-electron chi connectivity index (χ1n) is 10.1. The molecule has 2 aromatic rings. The van der Waals surface area contributed by atoms with Gasteiger partial charge >= 0.3 is 0 Å². The van der Waals surface area contributed by atoms with Crippen LogP contribution in [0.3, 0.4) is 0 Å². The van der Waals surface area contributed by atoms with Crippen LogP contribution in [0.5, 0.6) is 0 Å². The van der Waals surface area contributed by atoms with Crippen LogP contribution in [0, 0.1) is 0 Å². The molecule has 0 bridgehead atoms. The van der Waals surface area contributed by atoms with E-state index in [0.29, 0.717) is 18.8 Å². The van der Waals surface area contributed by atoms with E-state index in [-0.39, 0.29) is 11.4 Å². The number of sulfonamides is 1. The summed E-state index contributed by atoms with van der Waals surface area (Å²) in [5.74, 6) is 0.432. The van der Waals surface area contributed by atoms with Gasteiger partial charge in [0.05, 0.1) is 16.8 Å². The SMILES string of the molecule is CCN(CC)S(=O)(=O)c1ccc(=O)n(CC(=O)Nc2ccc(N3CCCC3)nc2)c1. The third-order valence-corrected chi connectivity index (χ3v) is 7.11. The van der Waals surface area contributed by atoms with Gasteiger partial charge in [0.1, 0.15) is 12.4 Å². The molecule has 1 aliphatic rings. The van der Waals surface area contributed by atoms with Gasteiger partial charge in [-0.25, -0.2) is 13.4 Å². The topological polar surface area (TPSA) is 105 Å². The summed E-state index contributed by atoms with van der Waals surface area (Å²) in [6.45, 7) is 5.79. The van der Waals surface area contributed by atoms with Crippen molar-refractivity contribution in [1.29, 1.82) is 0 Å². The van der Waals surface area contributed by atoms with Gasteiger partial charge < -0.3 is 14.8 Å². The maximum absolute atomic E-state index is 12.7. The average molecular weight is 434 g/mol. The highest BCUT2D eigenvalue weighted by Crippen LogP contribution is 2.19. The second-order valence-corrected chi connectivity index (χ2v) is 9.01. The van der Waals surface area contributed by atoms with Gasteiger partial charge in [0.15, 0.2) is 0 Å². The molecular formula is C20H27N5O4S. The average Bonchev–Trinajstić information content (AvgIpc) is 3.25. The Bertz CT molecular complexity index is 1040. The summed E-state index contributed by atoms with van der Waals surface area (Å²) < 4.78 is 27.7. The third kappa shape index (κ3) is 4.88. The molecule has 1 N–H and O–H groups in total. The highest BCUT2D eigenvalue weighted by Gasteiger charge is 2.22. The third-order valence-electron chi connectivity index (χ3n) is 5.08. The summed E-state index contributed by atoms with van der Waals surface area (Å²) in [6, 6.07) is 6.05. The second-order valence-electron chi connectivity index (χ2n) is 7.07. The lowest BCUT2D eigenvalue weighted by Crippen LogP contribution is -2.33. The number of nitrogens with one attached hydrogen (secondary N) is 1. The Morgan fingerprint density at radius 1 is 1.13 bits per heavy atom. The molecule has 0 unspecified atom stereocenters. The van der Waals surface area contributed by atoms with E-state index in [1.807, 2.05) is 6.07 Å². The number of amides is 1. The Morgan fingerprint density at radius 3 is 2.43 bits per heavy atom. The minimum atomic E-state index is -3.72. The Kier molecular flexibility index (Phi) is 6.88. The van der Waals surface area contributed by atoms with Gasteiger partial charge in [-0.3, -0.25) is 9.59 Å². The number of carbonyl (C=O) groups excluding carboxylic acids is 1. The first kappa shape index (κ1) is 22.0. The van der Waals surface area contributed by atoms with E-state index in [1.165, 1.54) is 16.6 Å². The molecule has 0 spiro atoms. The van der Waals surface area contributed by atoms with Crippen LogP contribution in [-0.2, 0) is 21.4 Å². The molecule has 1 fully saturated rings. The Balaban J connectivity index is 1.71. The molecule has 0 atom stereocenters. The number of nitrogens with zero attached hydrogens (tertiary/aromatic N) is 4. The molecule has 1 saturated heterocycles. The van der Waals surface area contributed by atoms with Gasteiger partial charge in [-0.05, 0) is 31.0 Å². The second kappa shape index (κ2) is 9.40. The quantitative estimate of drug-likeness (QED) is 0.677. The van der Waals surface area contributed by atoms with E-state index in [1.54, 1.807) is 26.1 Å². The van der Waals surface area contributed by atoms with Crippen LogP contribution < -0.4 is 15.8 Å². The number of hydrogen-bond acceptors (Lipinski definition) is 6. The number of carbonyl (C=O) groups is 1. The minimum absolute atomic E-state index is 0.0183. The summed E-state index contributed by atoms with van der Waals surface area (Å²) in [5.41, 5.74) is 0.0640. The standard InChI is InChI=1S/C20H27N5O4S/c1-3-25(4-2)30(28,29)17-8-10-20(27)24(14-17)15-19(26)22-16-7-9-18(21-13-16)23-11-5-6-12-23/h7-10,13-14H,3-6,11-12,15H2,1-2H3,(H,22,26). The fourth-order valence-electron chi connectivity index (χ4n) is 3.45. The molecule has 1 aliphatic heterocycles. The fourth-order valence-corrected chi connectivity index (χ4v) is 4.93. The first-order valence-corrected chi connectivity index (χ1v) is 11.5. The molecular weight excluding hydrogens is 406 g/mol. The van der Waals surface area contributed by atoms with Crippen molar-refractivity contribution in [3.05, 3.63) is 47.0 Å². The lowest BCUT2D eigenvalue weighted by Gasteiger charge is -2.19. The van der Waals surface area contributed by atoms with Crippen LogP contribution in [0.1, 0.15) is 26.7 Å². The zero-order valence-electron chi connectivity index (χ0n) is 17.2. The first-order chi connectivity index (χ1) is 14.3. The molecule has 162 valence electrons. The van der Waals surface area contributed by atoms with Crippen molar-refractivity contribution in [2.24, 2.45) is 0 Å². The minimum Gasteiger partial charge on any atom is -0.357 e. The van der Waals surface area contributed by atoms with E-state index in [0.717, 1.165) is 42.4 Å². The smallest absolute Gasteiger partial charge is 0.251 e. The van der Waals surface area contributed by atoms with Crippen LogP contribution in [0.25, 0.3) is 0 Å². The molecule has 1 amide bonds. The van der Waals surface area contributed by atoms with Crippen molar-refractivity contribution >= 4 is 27.4 Å². The Hall–Kier alpha value is -2.72. The molecule has 3 heterocycles. The predicted octanol–water partition coefficient (Wildman–Crippen LogP) is 1.51. The van der Waals surface area contributed by atoms with Crippen molar-refractivity contribution < 1.29 is 13.2 Å². The predicted molar refractivity (Wildman–Crippen MR) is 115 cm³/mol. The van der Waals surface area contributed by atoms with Crippen LogP contribution in [-0.4, -0.2) is 54.4 Å². The molecule has 0 aliphatic carbocycles. The van der Waals surface area contributed by atoms with Crippen LogP contribution in [0.4, 0.5) is 11.5 Å². The van der Waals surface area contributed by atoms with Crippen molar-refractivity contribution in [2.45, 2.75) is 38.1 Å². The summed E-state index contributed by atoms with van der Waals surface area (Å²) >= 11 is 0. The molecule has 30 heavy (non-hydrogen) atoms. The summed E-state index contributed by atoms with van der Waals surface area (Å²) in [4.78, 5) is 31.1. The molecule has 0 saturated carbocycles. The van der Waals surface area contributed by atoms with Crippen LogP contribution >= 0.6 is 0 Å². The Labute approximate surface area is 176 Å². The van der Waals surface area contributed by atoms with Crippen molar-refractivity contribution in [1.82, 2.24) is 13.9 Å². The number of anilines is 2. The van der Waals surface area contributed by atoms with E-state index < -0.39 is 21.5 Å². The largest absolute Gasteiger partial charge is 0.357 e. The van der Waals surface area contributed by atoms with Crippen LogP contribution in [0.2, 0.25) is 0 Å². The fraction of sp³-hybridized carbons (Fsp3) is 0.450. The lowest BCUT2D eigenvalue weighted by molar-refractivity contribution is -0.116. The number of rotatable bonds is 8. The normalized spacial score (nSPS) is 14.3. The molecule has 0 radical (unpaired) electrons. The van der Waals surface area contributed by atoms with Crippen LogP contribution in [0.15, 0.2) is 46.3 Å². The molecule has 0 aromatic carbocycles. The molecule has 3 rings (SSSR count). The van der Waals surface area contributed by atoms with Gasteiger partial charge in [-0.2, -0.15) is 4.31 Å². The summed E-state index contributed by atoms with van der Waals surface area (Å²) in [5, 5.41) is 2.70. The van der Waals surface area contributed by atoms with Gasteiger partial charge in [-0.1, -0.05) is 13.8 Å². The summed E-state index contributed by atoms with van der Waals surface area (Å²) in [7, 11) is -3.72. The highest BCUT2D eigenvalue weighted by molar-refractivity contribution is 7.89. The molecule has 2 aromatic heterocycles. The zero-order chi connectivity index (χ0) is 21.7. The van der Waals surface area contributed by atoms with E-state index in [4.69, 9.17) is 0 Å². The zero-order valence-corrected chi connectivity index (χ0v) is 18.1. The van der Waals surface area contributed by atoms with Gasteiger partial charge in [0.2, 0.25) is 15.9 Å². The van der Waals surface area contributed by atoms with E-state index in [9.17, 15) is 18.0 Å². The van der Waals surface area contributed by atoms with Crippen molar-refractivity contribution in [2.75, 3.05) is 36.4 Å². The van der Waals surface area contributed by atoms with Crippen molar-refractivity contribution in [3.8, 4) is 0 Å². The maximum atomic E-state index is 12.7. The highest BCUT2D eigenvalue weighted by atomic mass is 32.2. The number of aromatic nitrogens is 2. The maximum Gasteiger partial charge on any atom is 0.251 e. The van der Waals surface area contributed by atoms with Gasteiger partial charge in [0.25, 0.3) is 5.56 Å². The molecule has 9 nitrogen and oxygen atoms in total. The van der Waals surface area contributed by atoms with Gasteiger partial charge in [0, 0.05) is 38.4 Å². The Morgan fingerprint density at radius 2 is 1.83 bits per heavy atom. The summed E-state index contributed by atoms with van der Waals surface area (Å²) in [6.07, 6.45) is 5.09. The van der Waals surface area contributed by atoms with Crippen molar-refractivity contribution in [3.63, 3.8) is 0 Å². The molecule has 10 heteroatoms. The lowest BCUT2D eigenvalue weighted by atomic mass is 10.3. The van der Waals surface area contributed by atoms with E-state index in [2.05, 4.69) is 15.2 Å². The van der Waals surface area contributed by atoms with Gasteiger partial charge in [-0.15, -0.1) is 0 Å². The monoisotopic (exact) mass is 433 g/mol. The number of pyridine rings is 2. The number of hydrogen-bond donors (Lipinski definition) is 1. The van der Waals surface area contributed by atoms with E-state index >= 15 is 0 Å².